The van der Waals surface area contributed by atoms with Gasteiger partial charge in [0.2, 0.25) is 5.95 Å². The van der Waals surface area contributed by atoms with Crippen molar-refractivity contribution in [3.05, 3.63) is 41.0 Å². The van der Waals surface area contributed by atoms with E-state index in [9.17, 15) is 0 Å². The van der Waals surface area contributed by atoms with Crippen LogP contribution in [0, 0.1) is 5.92 Å². The SMILES string of the molecule is CC1(C)CC(CCNc2ncc(Br)c(-c3ccccc3)n2)CC(C)(C)N1. The first kappa shape index (κ1) is 19.3. The molecule has 0 bridgehead atoms. The fourth-order valence-corrected chi connectivity index (χ4v) is 4.80. The molecule has 1 saturated heterocycles. The topological polar surface area (TPSA) is 49.8 Å². The van der Waals surface area contributed by atoms with E-state index in [0.29, 0.717) is 11.9 Å². The Kier molecular flexibility index (Phi) is 5.68. The molecule has 3 rings (SSSR count). The smallest absolute Gasteiger partial charge is 0.223 e. The largest absolute Gasteiger partial charge is 0.354 e. The van der Waals surface area contributed by atoms with Crippen LogP contribution < -0.4 is 10.6 Å². The highest BCUT2D eigenvalue weighted by Gasteiger charge is 2.37. The van der Waals surface area contributed by atoms with E-state index >= 15 is 0 Å². The van der Waals surface area contributed by atoms with Crippen LogP contribution in [0.5, 0.6) is 0 Å². The molecule has 5 heteroatoms. The van der Waals surface area contributed by atoms with Crippen molar-refractivity contribution in [1.29, 1.82) is 0 Å². The average molecular weight is 417 g/mol. The Bertz CT molecular complexity index is 727. The zero-order valence-electron chi connectivity index (χ0n) is 16.1. The van der Waals surface area contributed by atoms with Crippen molar-refractivity contribution in [2.24, 2.45) is 5.92 Å². The van der Waals surface area contributed by atoms with Crippen LogP contribution in [0.25, 0.3) is 11.3 Å². The van der Waals surface area contributed by atoms with E-state index in [1.54, 1.807) is 0 Å². The lowest BCUT2D eigenvalue weighted by atomic mass is 9.75. The van der Waals surface area contributed by atoms with Crippen molar-refractivity contribution in [3.8, 4) is 11.3 Å². The van der Waals surface area contributed by atoms with Crippen molar-refractivity contribution in [2.45, 2.75) is 58.0 Å². The Morgan fingerprint density at radius 2 is 1.77 bits per heavy atom. The second-order valence-electron chi connectivity index (χ2n) is 8.64. The molecule has 2 heterocycles. The van der Waals surface area contributed by atoms with E-state index in [4.69, 9.17) is 4.98 Å². The minimum Gasteiger partial charge on any atom is -0.354 e. The predicted molar refractivity (Wildman–Crippen MR) is 112 cm³/mol. The third-order valence-electron chi connectivity index (χ3n) is 4.90. The summed E-state index contributed by atoms with van der Waals surface area (Å²) >= 11 is 3.56. The molecule has 0 aliphatic carbocycles. The summed E-state index contributed by atoms with van der Waals surface area (Å²) < 4.78 is 0.913. The average Bonchev–Trinajstić information content (AvgIpc) is 2.54. The van der Waals surface area contributed by atoms with E-state index < -0.39 is 0 Å². The van der Waals surface area contributed by atoms with Crippen molar-refractivity contribution in [3.63, 3.8) is 0 Å². The Morgan fingerprint density at radius 3 is 2.42 bits per heavy atom. The number of piperidine rings is 1. The highest BCUT2D eigenvalue weighted by molar-refractivity contribution is 9.10. The lowest BCUT2D eigenvalue weighted by Gasteiger charge is -2.46. The number of rotatable bonds is 5. The molecule has 2 aromatic rings. The predicted octanol–water partition coefficient (Wildman–Crippen LogP) is 5.26. The number of hydrogen-bond donors (Lipinski definition) is 2. The fourth-order valence-electron chi connectivity index (χ4n) is 4.38. The Labute approximate surface area is 165 Å². The van der Waals surface area contributed by atoms with Crippen LogP contribution in [0.4, 0.5) is 5.95 Å². The third-order valence-corrected chi connectivity index (χ3v) is 5.48. The lowest BCUT2D eigenvalue weighted by molar-refractivity contribution is 0.125. The summed E-state index contributed by atoms with van der Waals surface area (Å²) in [7, 11) is 0. The van der Waals surface area contributed by atoms with Crippen LogP contribution in [0.1, 0.15) is 47.0 Å². The Balaban J connectivity index is 1.62. The van der Waals surface area contributed by atoms with Crippen molar-refractivity contribution < 1.29 is 0 Å². The lowest BCUT2D eigenvalue weighted by Crippen LogP contribution is -2.57. The number of hydrogen-bond acceptors (Lipinski definition) is 4. The number of nitrogens with zero attached hydrogens (tertiary/aromatic N) is 2. The summed E-state index contributed by atoms with van der Waals surface area (Å²) in [6.07, 6.45) is 5.37. The van der Waals surface area contributed by atoms with Gasteiger partial charge in [-0.05, 0) is 68.8 Å². The van der Waals surface area contributed by atoms with Gasteiger partial charge in [0.15, 0.2) is 0 Å². The molecule has 0 atom stereocenters. The Hall–Kier alpha value is -1.46. The third kappa shape index (κ3) is 5.04. The van der Waals surface area contributed by atoms with Gasteiger partial charge in [-0.3, -0.25) is 0 Å². The molecule has 140 valence electrons. The summed E-state index contributed by atoms with van der Waals surface area (Å²) in [4.78, 5) is 9.12. The highest BCUT2D eigenvalue weighted by Crippen LogP contribution is 2.34. The molecule has 0 radical (unpaired) electrons. The second-order valence-corrected chi connectivity index (χ2v) is 9.49. The van der Waals surface area contributed by atoms with Gasteiger partial charge in [0.05, 0.1) is 10.2 Å². The standard InChI is InChI=1S/C21H29BrN4/c1-20(2)12-15(13-21(3,4)26-20)10-11-23-19-24-14-17(22)18(25-19)16-8-6-5-7-9-16/h5-9,14-15,26H,10-13H2,1-4H3,(H,23,24,25). The van der Waals surface area contributed by atoms with Gasteiger partial charge in [-0.1, -0.05) is 30.3 Å². The fraction of sp³-hybridized carbons (Fsp3) is 0.524. The van der Waals surface area contributed by atoms with Crippen molar-refractivity contribution >= 4 is 21.9 Å². The van der Waals surface area contributed by atoms with Crippen LogP contribution in [-0.4, -0.2) is 27.6 Å². The molecule has 1 aromatic heterocycles. The van der Waals surface area contributed by atoms with E-state index in [1.165, 1.54) is 12.8 Å². The van der Waals surface area contributed by atoms with E-state index in [2.05, 4.69) is 71.4 Å². The molecule has 2 N–H and O–H groups in total. The van der Waals surface area contributed by atoms with Gasteiger partial charge < -0.3 is 10.6 Å². The quantitative estimate of drug-likeness (QED) is 0.697. The molecule has 1 aliphatic heterocycles. The van der Waals surface area contributed by atoms with Gasteiger partial charge in [0.1, 0.15) is 0 Å². The first-order chi connectivity index (χ1) is 12.2. The van der Waals surface area contributed by atoms with Gasteiger partial charge in [-0.15, -0.1) is 0 Å². The molecular formula is C21H29BrN4. The normalized spacial score (nSPS) is 19.3. The second kappa shape index (κ2) is 7.65. The Morgan fingerprint density at radius 1 is 1.12 bits per heavy atom. The summed E-state index contributed by atoms with van der Waals surface area (Å²) in [5.74, 6) is 1.40. The number of aromatic nitrogens is 2. The zero-order chi connectivity index (χ0) is 18.8. The summed E-state index contributed by atoms with van der Waals surface area (Å²) in [6, 6.07) is 10.2. The highest BCUT2D eigenvalue weighted by atomic mass is 79.9. The molecule has 4 nitrogen and oxygen atoms in total. The summed E-state index contributed by atoms with van der Waals surface area (Å²) in [5, 5.41) is 7.17. The maximum atomic E-state index is 4.70. The van der Waals surface area contributed by atoms with E-state index in [-0.39, 0.29) is 11.1 Å². The molecule has 0 amide bonds. The molecule has 1 aromatic carbocycles. The summed E-state index contributed by atoms with van der Waals surface area (Å²) in [6.45, 7) is 10.1. The van der Waals surface area contributed by atoms with Crippen LogP contribution in [0.15, 0.2) is 41.0 Å². The minimum absolute atomic E-state index is 0.195. The monoisotopic (exact) mass is 416 g/mol. The molecule has 1 fully saturated rings. The number of anilines is 1. The van der Waals surface area contributed by atoms with E-state index in [1.807, 2.05) is 24.4 Å². The van der Waals surface area contributed by atoms with Crippen LogP contribution >= 0.6 is 15.9 Å². The number of halogens is 1. The van der Waals surface area contributed by atoms with Gasteiger partial charge >= 0.3 is 0 Å². The van der Waals surface area contributed by atoms with Crippen LogP contribution in [-0.2, 0) is 0 Å². The van der Waals surface area contributed by atoms with Gasteiger partial charge in [-0.25, -0.2) is 9.97 Å². The molecule has 0 saturated carbocycles. The number of benzene rings is 1. The van der Waals surface area contributed by atoms with Crippen molar-refractivity contribution in [1.82, 2.24) is 15.3 Å². The maximum absolute atomic E-state index is 4.70. The van der Waals surface area contributed by atoms with Crippen LogP contribution in [0.2, 0.25) is 0 Å². The summed E-state index contributed by atoms with van der Waals surface area (Å²) in [5.41, 5.74) is 2.40. The molecule has 26 heavy (non-hydrogen) atoms. The first-order valence-corrected chi connectivity index (χ1v) is 10.1. The first-order valence-electron chi connectivity index (χ1n) is 9.35. The van der Waals surface area contributed by atoms with Crippen LogP contribution in [0.3, 0.4) is 0 Å². The maximum Gasteiger partial charge on any atom is 0.223 e. The molecule has 0 spiro atoms. The van der Waals surface area contributed by atoms with Gasteiger partial charge in [0, 0.05) is 29.4 Å². The zero-order valence-corrected chi connectivity index (χ0v) is 17.7. The van der Waals surface area contributed by atoms with Gasteiger partial charge in [0.25, 0.3) is 0 Å². The van der Waals surface area contributed by atoms with E-state index in [0.717, 1.165) is 28.7 Å². The minimum atomic E-state index is 0.195. The molecular weight excluding hydrogens is 388 g/mol. The number of nitrogens with one attached hydrogen (secondary N) is 2. The molecule has 1 aliphatic rings. The van der Waals surface area contributed by atoms with Crippen molar-refractivity contribution in [2.75, 3.05) is 11.9 Å². The molecule has 0 unspecified atom stereocenters. The van der Waals surface area contributed by atoms with Gasteiger partial charge in [-0.2, -0.15) is 0 Å².